The molecule has 5 nitrogen and oxygen atoms in total. The predicted molar refractivity (Wildman–Crippen MR) is 83.5 cm³/mol. The highest BCUT2D eigenvalue weighted by Gasteiger charge is 2.20. The van der Waals surface area contributed by atoms with Gasteiger partial charge < -0.3 is 20.6 Å². The Morgan fingerprint density at radius 2 is 2.20 bits per heavy atom. The Bertz CT molecular complexity index is 485. The van der Waals surface area contributed by atoms with Crippen molar-refractivity contribution in [3.05, 3.63) is 28.2 Å². The molecule has 2 rings (SSSR count). The quantitative estimate of drug-likeness (QED) is 0.382. The largest absolute Gasteiger partial charge is 0.409 e. The van der Waals surface area contributed by atoms with Gasteiger partial charge in [0.1, 0.15) is 0 Å². The maximum absolute atomic E-state index is 8.73. The minimum atomic E-state index is 0.110. The number of anilines is 1. The SMILES string of the molecule is CCOC1CCN(c2ccc(/C(N)=N/O)c(Br)c2)CC1. The third-order valence-corrected chi connectivity index (χ3v) is 4.20. The molecule has 1 aromatic rings. The first kappa shape index (κ1) is 15.1. The Kier molecular flexibility index (Phi) is 5.25. The van der Waals surface area contributed by atoms with Crippen molar-refractivity contribution in [1.82, 2.24) is 0 Å². The third-order valence-electron chi connectivity index (χ3n) is 3.55. The van der Waals surface area contributed by atoms with Crippen LogP contribution >= 0.6 is 15.9 Å². The molecule has 0 spiro atoms. The average molecular weight is 342 g/mol. The van der Waals surface area contributed by atoms with E-state index in [0.717, 1.165) is 42.7 Å². The van der Waals surface area contributed by atoms with E-state index in [0.29, 0.717) is 11.7 Å². The summed E-state index contributed by atoms with van der Waals surface area (Å²) in [4.78, 5) is 2.33. The summed E-state index contributed by atoms with van der Waals surface area (Å²) in [5.74, 6) is 0.110. The second-order valence-corrected chi connectivity index (χ2v) is 5.65. The van der Waals surface area contributed by atoms with Crippen molar-refractivity contribution in [1.29, 1.82) is 0 Å². The lowest BCUT2D eigenvalue weighted by Crippen LogP contribution is -2.37. The fourth-order valence-electron chi connectivity index (χ4n) is 2.48. The standard InChI is InChI=1S/C14H20BrN3O2/c1-2-20-11-5-7-18(8-6-11)10-3-4-12(13(15)9-10)14(16)17-19/h3-4,9,11,19H,2,5-8H2,1H3,(H2,16,17). The van der Waals surface area contributed by atoms with Gasteiger partial charge in [0.15, 0.2) is 5.84 Å². The number of amidine groups is 1. The van der Waals surface area contributed by atoms with Crippen molar-refractivity contribution in [2.24, 2.45) is 10.9 Å². The fourth-order valence-corrected chi connectivity index (χ4v) is 3.05. The molecule has 0 saturated carbocycles. The van der Waals surface area contributed by atoms with Gasteiger partial charge in [-0.05, 0) is 53.9 Å². The van der Waals surface area contributed by atoms with E-state index in [1.807, 2.05) is 25.1 Å². The number of oxime groups is 1. The molecule has 1 aliphatic heterocycles. The van der Waals surface area contributed by atoms with Gasteiger partial charge in [-0.15, -0.1) is 0 Å². The summed E-state index contributed by atoms with van der Waals surface area (Å²) in [7, 11) is 0. The number of nitrogens with two attached hydrogens (primary N) is 1. The monoisotopic (exact) mass is 341 g/mol. The lowest BCUT2D eigenvalue weighted by Gasteiger charge is -2.33. The van der Waals surface area contributed by atoms with E-state index in [-0.39, 0.29) is 5.84 Å². The Hall–Kier alpha value is -1.27. The number of benzene rings is 1. The van der Waals surface area contributed by atoms with Crippen molar-refractivity contribution in [3.63, 3.8) is 0 Å². The van der Waals surface area contributed by atoms with E-state index in [2.05, 4.69) is 26.0 Å². The maximum atomic E-state index is 8.73. The zero-order valence-corrected chi connectivity index (χ0v) is 13.1. The predicted octanol–water partition coefficient (Wildman–Crippen LogP) is 2.55. The molecular weight excluding hydrogens is 322 g/mol. The number of piperidine rings is 1. The van der Waals surface area contributed by atoms with Crippen LogP contribution in [-0.4, -0.2) is 36.8 Å². The first-order valence-electron chi connectivity index (χ1n) is 6.79. The summed E-state index contributed by atoms with van der Waals surface area (Å²) < 4.78 is 6.49. The van der Waals surface area contributed by atoms with Gasteiger partial charge in [-0.3, -0.25) is 0 Å². The van der Waals surface area contributed by atoms with Gasteiger partial charge >= 0.3 is 0 Å². The topological polar surface area (TPSA) is 71.1 Å². The van der Waals surface area contributed by atoms with Crippen molar-refractivity contribution >= 4 is 27.5 Å². The highest BCUT2D eigenvalue weighted by Crippen LogP contribution is 2.27. The molecule has 0 bridgehead atoms. The van der Waals surface area contributed by atoms with Gasteiger partial charge in [0.25, 0.3) is 0 Å². The third kappa shape index (κ3) is 3.43. The molecule has 6 heteroatoms. The summed E-state index contributed by atoms with van der Waals surface area (Å²) >= 11 is 3.47. The Morgan fingerprint density at radius 1 is 1.50 bits per heavy atom. The van der Waals surface area contributed by atoms with Gasteiger partial charge in [0.05, 0.1) is 6.10 Å². The number of hydrogen-bond donors (Lipinski definition) is 2. The first-order valence-corrected chi connectivity index (χ1v) is 7.59. The molecule has 1 fully saturated rings. The van der Waals surface area contributed by atoms with Gasteiger partial charge in [0.2, 0.25) is 0 Å². The Balaban J connectivity index is 2.06. The summed E-state index contributed by atoms with van der Waals surface area (Å²) in [5.41, 5.74) is 7.45. The molecule has 110 valence electrons. The van der Waals surface area contributed by atoms with E-state index in [9.17, 15) is 0 Å². The van der Waals surface area contributed by atoms with Gasteiger partial charge in [-0.2, -0.15) is 0 Å². The van der Waals surface area contributed by atoms with Crippen LogP contribution in [-0.2, 0) is 4.74 Å². The highest BCUT2D eigenvalue weighted by molar-refractivity contribution is 9.10. The minimum absolute atomic E-state index is 0.110. The van der Waals surface area contributed by atoms with E-state index in [4.69, 9.17) is 15.7 Å². The van der Waals surface area contributed by atoms with Crippen LogP contribution in [0.1, 0.15) is 25.3 Å². The van der Waals surface area contributed by atoms with Crippen molar-refractivity contribution < 1.29 is 9.94 Å². The molecule has 20 heavy (non-hydrogen) atoms. The van der Waals surface area contributed by atoms with Crippen LogP contribution in [0.4, 0.5) is 5.69 Å². The zero-order valence-electron chi connectivity index (χ0n) is 11.6. The summed E-state index contributed by atoms with van der Waals surface area (Å²) in [6.45, 7) is 4.79. The van der Waals surface area contributed by atoms with Gasteiger partial charge in [-0.1, -0.05) is 5.16 Å². The molecule has 0 amide bonds. The second kappa shape index (κ2) is 6.95. The van der Waals surface area contributed by atoms with E-state index in [1.54, 1.807) is 0 Å². The van der Waals surface area contributed by atoms with E-state index in [1.165, 1.54) is 0 Å². The number of rotatable bonds is 4. The molecular formula is C14H20BrN3O2. The lowest BCUT2D eigenvalue weighted by atomic mass is 10.1. The average Bonchev–Trinajstić information content (AvgIpc) is 2.47. The molecule has 1 aromatic carbocycles. The molecule has 1 aliphatic rings. The number of nitrogens with zero attached hydrogens (tertiary/aromatic N) is 2. The highest BCUT2D eigenvalue weighted by atomic mass is 79.9. The molecule has 3 N–H and O–H groups in total. The summed E-state index contributed by atoms with van der Waals surface area (Å²) in [5, 5.41) is 11.8. The van der Waals surface area contributed by atoms with Crippen molar-refractivity contribution in [3.8, 4) is 0 Å². The first-order chi connectivity index (χ1) is 9.65. The number of ether oxygens (including phenoxy) is 1. The van der Waals surface area contributed by atoms with Crippen LogP contribution in [0.25, 0.3) is 0 Å². The minimum Gasteiger partial charge on any atom is -0.409 e. The van der Waals surface area contributed by atoms with Crippen LogP contribution in [0, 0.1) is 0 Å². The lowest BCUT2D eigenvalue weighted by molar-refractivity contribution is 0.0459. The molecule has 0 unspecified atom stereocenters. The van der Waals surface area contributed by atoms with E-state index >= 15 is 0 Å². The molecule has 0 atom stereocenters. The van der Waals surface area contributed by atoms with E-state index < -0.39 is 0 Å². The maximum Gasteiger partial charge on any atom is 0.171 e. The normalized spacial score (nSPS) is 17.5. The van der Waals surface area contributed by atoms with Crippen LogP contribution in [0.15, 0.2) is 27.8 Å². The molecule has 0 aromatic heterocycles. The van der Waals surface area contributed by atoms with Crippen molar-refractivity contribution in [2.45, 2.75) is 25.9 Å². The molecule has 0 radical (unpaired) electrons. The molecule has 1 saturated heterocycles. The summed E-state index contributed by atoms with van der Waals surface area (Å²) in [6, 6.07) is 5.87. The summed E-state index contributed by atoms with van der Waals surface area (Å²) in [6.07, 6.45) is 2.48. The zero-order chi connectivity index (χ0) is 14.5. The second-order valence-electron chi connectivity index (χ2n) is 4.79. The van der Waals surface area contributed by atoms with Crippen LogP contribution < -0.4 is 10.6 Å². The number of hydrogen-bond acceptors (Lipinski definition) is 4. The van der Waals surface area contributed by atoms with Crippen LogP contribution in [0.3, 0.4) is 0 Å². The van der Waals surface area contributed by atoms with Crippen LogP contribution in [0.2, 0.25) is 0 Å². The smallest absolute Gasteiger partial charge is 0.171 e. The fraction of sp³-hybridized carbons (Fsp3) is 0.500. The van der Waals surface area contributed by atoms with Gasteiger partial charge in [-0.25, -0.2) is 0 Å². The van der Waals surface area contributed by atoms with Crippen LogP contribution in [0.5, 0.6) is 0 Å². The Morgan fingerprint density at radius 3 is 2.75 bits per heavy atom. The van der Waals surface area contributed by atoms with Gasteiger partial charge in [0, 0.05) is 35.4 Å². The number of halogens is 1. The Labute approximate surface area is 127 Å². The van der Waals surface area contributed by atoms with Crippen molar-refractivity contribution in [2.75, 3.05) is 24.6 Å². The molecule has 1 heterocycles. The molecule has 0 aliphatic carbocycles.